The Balaban J connectivity index is 2.96. The van der Waals surface area contributed by atoms with Crippen molar-refractivity contribution in [1.29, 1.82) is 5.26 Å². The van der Waals surface area contributed by atoms with Crippen LogP contribution in [-0.4, -0.2) is 19.2 Å². The number of sulfonamides is 1. The fraction of sp³-hybridized carbons (Fsp3) is 0.333. The van der Waals surface area contributed by atoms with E-state index >= 15 is 0 Å². The molecule has 0 spiro atoms. The normalized spacial score (nSPS) is 10.7. The fourth-order valence-electron chi connectivity index (χ4n) is 1.17. The lowest BCUT2D eigenvalue weighted by atomic mass is 10.2. The Labute approximate surface area is 88.8 Å². The molecule has 15 heavy (non-hydrogen) atoms. The number of nitriles is 1. The number of aromatic nitrogens is 1. The Kier molecular flexibility index (Phi) is 3.27. The number of hydrogen-bond donors (Lipinski definition) is 1. The molecule has 0 amide bonds. The van der Waals surface area contributed by atoms with Gasteiger partial charge >= 0.3 is 0 Å². The number of anilines is 1. The second-order valence-electron chi connectivity index (χ2n) is 3.19. The lowest BCUT2D eigenvalue weighted by molar-refractivity contribution is 0.604. The van der Waals surface area contributed by atoms with E-state index in [4.69, 9.17) is 5.26 Å². The maximum atomic E-state index is 11.2. The lowest BCUT2D eigenvalue weighted by Gasteiger charge is -2.05. The predicted octanol–water partition coefficient (Wildman–Crippen LogP) is 0.964. The van der Waals surface area contributed by atoms with Gasteiger partial charge in [-0.05, 0) is 31.5 Å². The van der Waals surface area contributed by atoms with Crippen molar-refractivity contribution in [3.05, 3.63) is 23.4 Å². The van der Waals surface area contributed by atoms with Crippen LogP contribution in [0.3, 0.4) is 0 Å². The molecule has 0 aliphatic rings. The molecule has 0 aliphatic heterocycles. The fourth-order valence-corrected chi connectivity index (χ4v) is 1.84. The van der Waals surface area contributed by atoms with Gasteiger partial charge in [0.25, 0.3) is 0 Å². The summed E-state index contributed by atoms with van der Waals surface area (Å²) < 4.78 is 24.7. The minimum absolute atomic E-state index is 0.253. The van der Waals surface area contributed by atoms with E-state index in [-0.39, 0.29) is 5.82 Å². The average Bonchev–Trinajstić information content (AvgIpc) is 1.99. The van der Waals surface area contributed by atoms with Crippen molar-refractivity contribution in [2.75, 3.05) is 10.5 Å². The Morgan fingerprint density at radius 3 is 2.67 bits per heavy atom. The average molecular weight is 225 g/mol. The molecule has 0 fully saturated rings. The van der Waals surface area contributed by atoms with Crippen molar-refractivity contribution in [3.63, 3.8) is 0 Å². The SMILES string of the molecule is Cc1cc(C)nc(NS(=O)(=O)CC#N)c1. The largest absolute Gasteiger partial charge is 0.266 e. The molecule has 1 aromatic heterocycles. The van der Waals surface area contributed by atoms with Crippen molar-refractivity contribution in [2.24, 2.45) is 0 Å². The summed E-state index contributed by atoms with van der Waals surface area (Å²) in [5.41, 5.74) is 1.64. The molecule has 80 valence electrons. The predicted molar refractivity (Wildman–Crippen MR) is 56.7 cm³/mol. The van der Waals surface area contributed by atoms with E-state index < -0.39 is 15.8 Å². The zero-order valence-corrected chi connectivity index (χ0v) is 9.30. The zero-order valence-electron chi connectivity index (χ0n) is 8.48. The van der Waals surface area contributed by atoms with Crippen LogP contribution in [0.5, 0.6) is 0 Å². The van der Waals surface area contributed by atoms with E-state index in [1.807, 2.05) is 13.0 Å². The second kappa shape index (κ2) is 4.28. The number of nitrogens with zero attached hydrogens (tertiary/aromatic N) is 2. The Hall–Kier alpha value is -1.61. The Bertz CT molecular complexity index is 482. The molecule has 1 rings (SSSR count). The summed E-state index contributed by atoms with van der Waals surface area (Å²) in [6, 6.07) is 5.03. The first kappa shape index (κ1) is 11.5. The van der Waals surface area contributed by atoms with Crippen molar-refractivity contribution in [3.8, 4) is 6.07 Å². The van der Waals surface area contributed by atoms with Gasteiger partial charge in [-0.1, -0.05) is 0 Å². The minimum Gasteiger partial charge on any atom is -0.266 e. The summed E-state index contributed by atoms with van der Waals surface area (Å²) in [7, 11) is -3.59. The van der Waals surface area contributed by atoms with Crippen molar-refractivity contribution < 1.29 is 8.42 Å². The highest BCUT2D eigenvalue weighted by molar-refractivity contribution is 7.92. The highest BCUT2D eigenvalue weighted by Crippen LogP contribution is 2.10. The topological polar surface area (TPSA) is 82.8 Å². The van der Waals surface area contributed by atoms with Gasteiger partial charge in [0.05, 0.1) is 6.07 Å². The van der Waals surface area contributed by atoms with Crippen LogP contribution in [0.2, 0.25) is 0 Å². The third-order valence-corrected chi connectivity index (χ3v) is 2.64. The van der Waals surface area contributed by atoms with Crippen molar-refractivity contribution >= 4 is 15.8 Å². The van der Waals surface area contributed by atoms with Gasteiger partial charge < -0.3 is 0 Å². The molecular formula is C9H11N3O2S. The number of rotatable bonds is 3. The molecule has 0 saturated heterocycles. The molecule has 0 aromatic carbocycles. The van der Waals surface area contributed by atoms with Gasteiger partial charge in [-0.2, -0.15) is 5.26 Å². The summed E-state index contributed by atoms with van der Waals surface area (Å²) >= 11 is 0. The van der Waals surface area contributed by atoms with E-state index in [1.54, 1.807) is 19.1 Å². The van der Waals surface area contributed by atoms with Gasteiger partial charge in [-0.3, -0.25) is 4.72 Å². The highest BCUT2D eigenvalue weighted by atomic mass is 32.2. The first-order valence-corrected chi connectivity index (χ1v) is 5.91. The van der Waals surface area contributed by atoms with Gasteiger partial charge in [0.1, 0.15) is 5.82 Å². The third-order valence-electron chi connectivity index (χ3n) is 1.61. The summed E-state index contributed by atoms with van der Waals surface area (Å²) in [6.45, 7) is 3.62. The van der Waals surface area contributed by atoms with Crippen molar-refractivity contribution in [1.82, 2.24) is 4.98 Å². The summed E-state index contributed by atoms with van der Waals surface area (Å²) in [5.74, 6) is -0.315. The number of nitrogens with one attached hydrogen (secondary N) is 1. The van der Waals surface area contributed by atoms with Crippen molar-refractivity contribution in [2.45, 2.75) is 13.8 Å². The van der Waals surface area contributed by atoms with Crippen LogP contribution in [0.1, 0.15) is 11.3 Å². The molecule has 6 heteroatoms. The van der Waals surface area contributed by atoms with Gasteiger partial charge in [-0.25, -0.2) is 13.4 Å². The molecular weight excluding hydrogens is 214 g/mol. The van der Waals surface area contributed by atoms with Crippen LogP contribution in [0, 0.1) is 25.2 Å². The molecule has 1 aromatic rings. The van der Waals surface area contributed by atoms with Gasteiger partial charge in [0.15, 0.2) is 5.75 Å². The van der Waals surface area contributed by atoms with Gasteiger partial charge in [-0.15, -0.1) is 0 Å². The monoisotopic (exact) mass is 225 g/mol. The van der Waals surface area contributed by atoms with E-state index in [9.17, 15) is 8.42 Å². The summed E-state index contributed by atoms with van der Waals surface area (Å²) in [5, 5.41) is 8.30. The smallest absolute Gasteiger partial charge is 0.247 e. The Morgan fingerprint density at radius 2 is 2.13 bits per heavy atom. The van der Waals surface area contributed by atoms with E-state index in [0.717, 1.165) is 11.3 Å². The summed E-state index contributed by atoms with van der Waals surface area (Å²) in [4.78, 5) is 4.00. The first-order valence-electron chi connectivity index (χ1n) is 4.26. The molecule has 0 atom stereocenters. The number of hydrogen-bond acceptors (Lipinski definition) is 4. The van der Waals surface area contributed by atoms with Crippen LogP contribution in [0.25, 0.3) is 0 Å². The van der Waals surface area contributed by atoms with E-state index in [2.05, 4.69) is 9.71 Å². The number of pyridine rings is 1. The summed E-state index contributed by atoms with van der Waals surface area (Å²) in [6.07, 6.45) is 0. The molecule has 0 radical (unpaired) electrons. The Morgan fingerprint density at radius 1 is 1.47 bits per heavy atom. The maximum Gasteiger partial charge on any atom is 0.247 e. The van der Waals surface area contributed by atoms with Gasteiger partial charge in [0, 0.05) is 5.69 Å². The standard InChI is InChI=1S/C9H11N3O2S/c1-7-5-8(2)11-9(6-7)12-15(13,14)4-3-10/h5-6H,4H2,1-2H3,(H,11,12). The molecule has 5 nitrogen and oxygen atoms in total. The van der Waals surface area contributed by atoms with E-state index in [1.165, 1.54) is 0 Å². The third kappa shape index (κ3) is 3.56. The van der Waals surface area contributed by atoms with Crippen LogP contribution >= 0.6 is 0 Å². The van der Waals surface area contributed by atoms with Gasteiger partial charge in [0.2, 0.25) is 10.0 Å². The minimum atomic E-state index is -3.59. The molecule has 0 bridgehead atoms. The molecule has 1 N–H and O–H groups in total. The molecule has 0 aliphatic carbocycles. The maximum absolute atomic E-state index is 11.2. The van der Waals surface area contributed by atoms with Crippen LogP contribution in [-0.2, 0) is 10.0 Å². The van der Waals surface area contributed by atoms with E-state index in [0.29, 0.717) is 0 Å². The van der Waals surface area contributed by atoms with Crippen LogP contribution in [0.4, 0.5) is 5.82 Å². The second-order valence-corrected chi connectivity index (χ2v) is 4.91. The molecule has 0 unspecified atom stereocenters. The zero-order chi connectivity index (χ0) is 11.5. The highest BCUT2D eigenvalue weighted by Gasteiger charge is 2.10. The van der Waals surface area contributed by atoms with Crippen LogP contribution < -0.4 is 4.72 Å². The number of aryl methyl sites for hydroxylation is 2. The lowest BCUT2D eigenvalue weighted by Crippen LogP contribution is -2.16. The first-order chi connectivity index (χ1) is 6.93. The quantitative estimate of drug-likeness (QED) is 0.830. The van der Waals surface area contributed by atoms with Crippen LogP contribution in [0.15, 0.2) is 12.1 Å². The molecule has 1 heterocycles. The molecule has 0 saturated carbocycles.